The Morgan fingerprint density at radius 3 is 2.38 bits per heavy atom. The van der Waals surface area contributed by atoms with E-state index in [2.05, 4.69) is 9.88 Å². The fourth-order valence-electron chi connectivity index (χ4n) is 2.89. The molecule has 2 heterocycles. The van der Waals surface area contributed by atoms with Crippen LogP contribution in [0.25, 0.3) is 11.3 Å². The van der Waals surface area contributed by atoms with Crippen molar-refractivity contribution in [3.05, 3.63) is 42.0 Å². The van der Waals surface area contributed by atoms with Crippen molar-refractivity contribution >= 4 is 11.5 Å². The van der Waals surface area contributed by atoms with Crippen LogP contribution in [0.15, 0.2) is 36.4 Å². The maximum atomic E-state index is 13.2. The zero-order valence-corrected chi connectivity index (χ0v) is 13.8. The van der Waals surface area contributed by atoms with E-state index >= 15 is 0 Å². The van der Waals surface area contributed by atoms with Crippen LogP contribution < -0.4 is 9.80 Å². The molecule has 1 aliphatic rings. The first kappa shape index (κ1) is 16.6. The van der Waals surface area contributed by atoms with E-state index in [1.807, 2.05) is 24.3 Å². The lowest BCUT2D eigenvalue weighted by Crippen LogP contribution is -2.17. The first-order valence-electron chi connectivity index (χ1n) is 7.96. The molecule has 0 unspecified atom stereocenters. The van der Waals surface area contributed by atoms with Crippen LogP contribution in [0, 0.1) is 0 Å². The van der Waals surface area contributed by atoms with E-state index in [0.717, 1.165) is 43.8 Å². The van der Waals surface area contributed by atoms with Crippen LogP contribution >= 0.6 is 0 Å². The quantitative estimate of drug-likeness (QED) is 0.827. The molecular weight excluding hydrogens is 315 g/mol. The van der Waals surface area contributed by atoms with Crippen LogP contribution in [0.2, 0.25) is 0 Å². The third-order valence-electron chi connectivity index (χ3n) is 4.21. The molecule has 1 fully saturated rings. The Balaban J connectivity index is 2.05. The van der Waals surface area contributed by atoms with Gasteiger partial charge in [0.25, 0.3) is 0 Å². The van der Waals surface area contributed by atoms with Gasteiger partial charge in [0.05, 0.1) is 11.3 Å². The molecule has 3 rings (SSSR count). The summed E-state index contributed by atoms with van der Waals surface area (Å²) in [6, 6.07) is 9.80. The number of aromatic nitrogens is 1. The van der Waals surface area contributed by atoms with Crippen LogP contribution in [-0.2, 0) is 6.18 Å². The van der Waals surface area contributed by atoms with Crippen molar-refractivity contribution < 1.29 is 13.2 Å². The van der Waals surface area contributed by atoms with Gasteiger partial charge in [0, 0.05) is 38.4 Å². The maximum absolute atomic E-state index is 13.2. The van der Waals surface area contributed by atoms with Crippen molar-refractivity contribution in [1.82, 2.24) is 4.98 Å². The smallest absolute Gasteiger partial charge is 0.372 e. The van der Waals surface area contributed by atoms with Crippen LogP contribution in [0.5, 0.6) is 0 Å². The van der Waals surface area contributed by atoms with E-state index in [9.17, 15) is 13.2 Å². The van der Waals surface area contributed by atoms with E-state index < -0.39 is 11.7 Å². The molecule has 1 saturated heterocycles. The summed E-state index contributed by atoms with van der Waals surface area (Å²) in [5.74, 6) is 0.298. The number of nitrogens with zero attached hydrogens (tertiary/aromatic N) is 3. The average molecular weight is 335 g/mol. The maximum Gasteiger partial charge on any atom is 0.416 e. The van der Waals surface area contributed by atoms with Crippen LogP contribution in [0.3, 0.4) is 0 Å². The molecule has 0 bridgehead atoms. The molecule has 128 valence electrons. The molecule has 6 heteroatoms. The second-order valence-corrected chi connectivity index (χ2v) is 6.24. The minimum Gasteiger partial charge on any atom is -0.372 e. The predicted octanol–water partition coefficient (Wildman–Crippen LogP) is 4.43. The second kappa shape index (κ2) is 6.34. The van der Waals surface area contributed by atoms with Gasteiger partial charge in [-0.3, -0.25) is 0 Å². The van der Waals surface area contributed by atoms with Crippen molar-refractivity contribution in [2.45, 2.75) is 19.0 Å². The normalized spacial score (nSPS) is 15.0. The number of hydrogen-bond donors (Lipinski definition) is 0. The van der Waals surface area contributed by atoms with Gasteiger partial charge in [-0.15, -0.1) is 0 Å². The molecule has 0 radical (unpaired) electrons. The zero-order chi connectivity index (χ0) is 17.3. The lowest BCUT2D eigenvalue weighted by Gasteiger charge is -2.19. The van der Waals surface area contributed by atoms with E-state index in [0.29, 0.717) is 17.1 Å². The Morgan fingerprint density at radius 1 is 1.04 bits per heavy atom. The summed E-state index contributed by atoms with van der Waals surface area (Å²) in [6.07, 6.45) is -2.09. The molecule has 1 aromatic heterocycles. The summed E-state index contributed by atoms with van der Waals surface area (Å²) in [6.45, 7) is 1.98. The second-order valence-electron chi connectivity index (χ2n) is 6.24. The first-order valence-corrected chi connectivity index (χ1v) is 7.96. The van der Waals surface area contributed by atoms with Crippen molar-refractivity contribution in [1.29, 1.82) is 0 Å². The molecule has 0 saturated carbocycles. The molecule has 0 spiro atoms. The average Bonchev–Trinajstić information content (AvgIpc) is 3.08. The van der Waals surface area contributed by atoms with Crippen molar-refractivity contribution in [3.8, 4) is 11.3 Å². The largest absolute Gasteiger partial charge is 0.416 e. The number of benzene rings is 1. The van der Waals surface area contributed by atoms with Crippen molar-refractivity contribution in [2.75, 3.05) is 37.0 Å². The van der Waals surface area contributed by atoms with E-state index in [4.69, 9.17) is 0 Å². The summed E-state index contributed by atoms with van der Waals surface area (Å²) in [4.78, 5) is 8.23. The van der Waals surface area contributed by atoms with Crippen LogP contribution in [-0.4, -0.2) is 32.2 Å². The molecule has 1 aromatic carbocycles. The molecule has 2 aromatic rings. The molecule has 0 N–H and O–H groups in total. The van der Waals surface area contributed by atoms with Gasteiger partial charge in [-0.05, 0) is 37.1 Å². The van der Waals surface area contributed by atoms with Crippen molar-refractivity contribution in [2.24, 2.45) is 0 Å². The number of anilines is 2. The number of halogens is 3. The number of hydrogen-bond acceptors (Lipinski definition) is 3. The predicted molar refractivity (Wildman–Crippen MR) is 90.4 cm³/mol. The number of alkyl halides is 3. The Morgan fingerprint density at radius 2 is 1.75 bits per heavy atom. The third kappa shape index (κ3) is 3.47. The molecule has 0 atom stereocenters. The summed E-state index contributed by atoms with van der Waals surface area (Å²) in [5.41, 5.74) is 1.40. The van der Waals surface area contributed by atoms with E-state index in [-0.39, 0.29) is 0 Å². The fourth-order valence-corrected chi connectivity index (χ4v) is 2.89. The topological polar surface area (TPSA) is 19.4 Å². The van der Waals surface area contributed by atoms with Gasteiger partial charge in [0.1, 0.15) is 5.82 Å². The third-order valence-corrected chi connectivity index (χ3v) is 4.21. The highest BCUT2D eigenvalue weighted by molar-refractivity contribution is 5.68. The van der Waals surface area contributed by atoms with Gasteiger partial charge in [0.15, 0.2) is 0 Å². The van der Waals surface area contributed by atoms with Gasteiger partial charge in [-0.25, -0.2) is 4.98 Å². The molecule has 24 heavy (non-hydrogen) atoms. The molecule has 3 nitrogen and oxygen atoms in total. The highest BCUT2D eigenvalue weighted by Crippen LogP contribution is 2.34. The Labute approximate surface area is 139 Å². The summed E-state index contributed by atoms with van der Waals surface area (Å²) in [7, 11) is 3.37. The monoisotopic (exact) mass is 335 g/mol. The van der Waals surface area contributed by atoms with E-state index in [1.54, 1.807) is 19.0 Å². The lowest BCUT2D eigenvalue weighted by atomic mass is 10.1. The SMILES string of the molecule is CN(C)c1cc(C(F)(F)F)cc(-c2cccc(N3CCCC3)c2)n1. The van der Waals surface area contributed by atoms with E-state index in [1.165, 1.54) is 0 Å². The number of pyridine rings is 1. The van der Waals surface area contributed by atoms with Crippen LogP contribution in [0.4, 0.5) is 24.7 Å². The summed E-state index contributed by atoms with van der Waals surface area (Å²) in [5, 5.41) is 0. The summed E-state index contributed by atoms with van der Waals surface area (Å²) < 4.78 is 39.6. The van der Waals surface area contributed by atoms with Crippen molar-refractivity contribution in [3.63, 3.8) is 0 Å². The number of rotatable bonds is 3. The molecule has 0 amide bonds. The molecule has 0 aliphatic carbocycles. The summed E-state index contributed by atoms with van der Waals surface area (Å²) >= 11 is 0. The minimum absolute atomic E-state index is 0.298. The zero-order valence-electron chi connectivity index (χ0n) is 13.8. The Bertz CT molecular complexity index is 720. The molecular formula is C18H20F3N3. The molecule has 1 aliphatic heterocycles. The fraction of sp³-hybridized carbons (Fsp3) is 0.389. The standard InChI is InChI=1S/C18H20F3N3/c1-23(2)17-12-14(18(19,20)21)11-16(22-17)13-6-5-7-15(10-13)24-8-3-4-9-24/h5-7,10-12H,3-4,8-9H2,1-2H3. The Kier molecular flexibility index (Phi) is 4.39. The van der Waals surface area contributed by atoms with Gasteiger partial charge >= 0.3 is 6.18 Å². The minimum atomic E-state index is -4.39. The van der Waals surface area contributed by atoms with Gasteiger partial charge in [-0.2, -0.15) is 13.2 Å². The van der Waals surface area contributed by atoms with Gasteiger partial charge in [-0.1, -0.05) is 12.1 Å². The van der Waals surface area contributed by atoms with Gasteiger partial charge < -0.3 is 9.80 Å². The van der Waals surface area contributed by atoms with Gasteiger partial charge in [0.2, 0.25) is 0 Å². The first-order chi connectivity index (χ1) is 11.3. The van der Waals surface area contributed by atoms with Crippen LogP contribution in [0.1, 0.15) is 18.4 Å². The Hall–Kier alpha value is -2.24. The highest BCUT2D eigenvalue weighted by atomic mass is 19.4. The lowest BCUT2D eigenvalue weighted by molar-refractivity contribution is -0.137. The highest BCUT2D eigenvalue weighted by Gasteiger charge is 2.32.